The van der Waals surface area contributed by atoms with Crippen LogP contribution in [0, 0.1) is 0 Å². The topological polar surface area (TPSA) is 49.7 Å². The number of aliphatic hydroxyl groups is 2. The van der Waals surface area contributed by atoms with E-state index in [2.05, 4.69) is 0 Å². The van der Waals surface area contributed by atoms with E-state index in [4.69, 9.17) is 16.3 Å². The minimum Gasteiger partial charge on any atom is -0.497 e. The summed E-state index contributed by atoms with van der Waals surface area (Å²) < 4.78 is 5.21. The summed E-state index contributed by atoms with van der Waals surface area (Å²) in [5.41, 5.74) is 0.905. The summed E-state index contributed by atoms with van der Waals surface area (Å²) in [7, 11) is 1.61. The van der Waals surface area contributed by atoms with Crippen LogP contribution >= 0.6 is 11.6 Å². The molecule has 2 aromatic rings. The third-order valence-corrected chi connectivity index (χ3v) is 4.06. The second-order valence-electron chi connectivity index (χ2n) is 5.10. The molecular weight excluding hydrogens is 288 g/mol. The van der Waals surface area contributed by atoms with Crippen molar-refractivity contribution >= 4 is 11.6 Å². The first-order valence-electron chi connectivity index (χ1n) is 6.75. The summed E-state index contributed by atoms with van der Waals surface area (Å²) in [5, 5.41) is 20.3. The number of aliphatic hydroxyl groups excluding tert-OH is 2. The highest BCUT2D eigenvalue weighted by Crippen LogP contribution is 2.33. The lowest BCUT2D eigenvalue weighted by Gasteiger charge is -2.31. The molecule has 2 rings (SSSR count). The lowest BCUT2D eigenvalue weighted by molar-refractivity contribution is 0.116. The molecule has 0 saturated carbocycles. The highest BCUT2D eigenvalue weighted by atomic mass is 35.5. The maximum atomic E-state index is 9.89. The molecule has 0 aliphatic carbocycles. The Bertz CT molecular complexity index is 594. The van der Waals surface area contributed by atoms with Crippen LogP contribution in [-0.4, -0.2) is 30.5 Å². The van der Waals surface area contributed by atoms with Gasteiger partial charge in [-0.3, -0.25) is 0 Å². The molecule has 0 unspecified atom stereocenters. The van der Waals surface area contributed by atoms with Crippen LogP contribution in [0.5, 0.6) is 5.75 Å². The smallest absolute Gasteiger partial charge is 0.119 e. The van der Waals surface area contributed by atoms with Crippen molar-refractivity contribution in [3.8, 4) is 5.75 Å². The van der Waals surface area contributed by atoms with E-state index in [0.29, 0.717) is 11.4 Å². The van der Waals surface area contributed by atoms with Crippen LogP contribution in [-0.2, 0) is 11.8 Å². The summed E-state index contributed by atoms with van der Waals surface area (Å²) in [6.45, 7) is -0.380. The van der Waals surface area contributed by atoms with Gasteiger partial charge < -0.3 is 14.9 Å². The molecule has 21 heavy (non-hydrogen) atoms. The first-order valence-corrected chi connectivity index (χ1v) is 7.12. The van der Waals surface area contributed by atoms with Gasteiger partial charge in [-0.25, -0.2) is 0 Å². The molecule has 0 aliphatic rings. The van der Waals surface area contributed by atoms with Crippen LogP contribution in [0.15, 0.2) is 48.5 Å². The largest absolute Gasteiger partial charge is 0.497 e. The van der Waals surface area contributed by atoms with Gasteiger partial charge in [0, 0.05) is 10.4 Å². The quantitative estimate of drug-likeness (QED) is 0.863. The van der Waals surface area contributed by atoms with E-state index in [1.807, 2.05) is 42.5 Å². The summed E-state index contributed by atoms with van der Waals surface area (Å²) >= 11 is 6.24. The molecule has 0 aromatic heterocycles. The van der Waals surface area contributed by atoms with E-state index >= 15 is 0 Å². The predicted molar refractivity (Wildman–Crippen MR) is 84.0 cm³/mol. The van der Waals surface area contributed by atoms with Gasteiger partial charge in [0.25, 0.3) is 0 Å². The molecule has 0 heterocycles. The number of methoxy groups -OCH3 is 1. The second kappa shape index (κ2) is 6.94. The van der Waals surface area contributed by atoms with Crippen molar-refractivity contribution in [2.24, 2.45) is 0 Å². The van der Waals surface area contributed by atoms with Crippen LogP contribution in [0.4, 0.5) is 0 Å². The van der Waals surface area contributed by atoms with Crippen molar-refractivity contribution in [2.45, 2.75) is 11.8 Å². The van der Waals surface area contributed by atoms with Crippen molar-refractivity contribution in [1.82, 2.24) is 0 Å². The molecular formula is C17H19ClO3. The maximum Gasteiger partial charge on any atom is 0.119 e. The predicted octanol–water partition coefficient (Wildman–Crippen LogP) is 2.81. The lowest BCUT2D eigenvalue weighted by Crippen LogP contribution is -2.37. The van der Waals surface area contributed by atoms with Gasteiger partial charge in [0.15, 0.2) is 0 Å². The fourth-order valence-corrected chi connectivity index (χ4v) is 2.83. The molecule has 2 N–H and O–H groups in total. The summed E-state index contributed by atoms with van der Waals surface area (Å²) in [5.74, 6) is 0.747. The van der Waals surface area contributed by atoms with E-state index in [9.17, 15) is 10.2 Å². The first kappa shape index (κ1) is 15.8. The van der Waals surface area contributed by atoms with Crippen LogP contribution < -0.4 is 4.74 Å². The van der Waals surface area contributed by atoms with Gasteiger partial charge in [0.1, 0.15) is 5.75 Å². The van der Waals surface area contributed by atoms with Crippen LogP contribution in [0.25, 0.3) is 0 Å². The molecule has 0 fully saturated rings. The minimum absolute atomic E-state index is 0.190. The average molecular weight is 307 g/mol. The fraction of sp³-hybridized carbons (Fsp3) is 0.294. The molecule has 0 amide bonds. The van der Waals surface area contributed by atoms with E-state index in [-0.39, 0.29) is 13.2 Å². The van der Waals surface area contributed by atoms with E-state index in [0.717, 1.165) is 16.9 Å². The average Bonchev–Trinajstić information content (AvgIpc) is 2.53. The number of hydrogen-bond donors (Lipinski definition) is 2. The number of ether oxygens (including phenoxy) is 1. The van der Waals surface area contributed by atoms with E-state index < -0.39 is 5.41 Å². The van der Waals surface area contributed by atoms with Gasteiger partial charge in [-0.2, -0.15) is 0 Å². The fourth-order valence-electron chi connectivity index (χ4n) is 2.49. The molecule has 4 heteroatoms. The maximum absolute atomic E-state index is 9.89. The van der Waals surface area contributed by atoms with Crippen molar-refractivity contribution in [3.05, 3.63) is 64.7 Å². The molecule has 112 valence electrons. The molecule has 0 aliphatic heterocycles. The summed E-state index contributed by atoms with van der Waals surface area (Å²) in [4.78, 5) is 0. The molecule has 3 nitrogen and oxygen atoms in total. The van der Waals surface area contributed by atoms with Crippen molar-refractivity contribution in [1.29, 1.82) is 0 Å². The Morgan fingerprint density at radius 3 is 2.38 bits per heavy atom. The molecule has 2 aromatic carbocycles. The molecule has 0 radical (unpaired) electrons. The monoisotopic (exact) mass is 306 g/mol. The molecule has 0 bridgehead atoms. The highest BCUT2D eigenvalue weighted by Gasteiger charge is 2.33. The Balaban J connectivity index is 2.40. The van der Waals surface area contributed by atoms with Crippen LogP contribution in [0.3, 0.4) is 0 Å². The number of benzene rings is 2. The standard InChI is InChI=1S/C17H19ClO3/c1-21-14-6-4-5-13(9-14)10-17(11-19,12-20)15-7-2-3-8-16(15)18/h2-9,19-20H,10-12H2,1H3. The Labute approximate surface area is 129 Å². The SMILES string of the molecule is COc1cccc(CC(CO)(CO)c2ccccc2Cl)c1. The van der Waals surface area contributed by atoms with Crippen LogP contribution in [0.1, 0.15) is 11.1 Å². The Kier molecular flexibility index (Phi) is 5.23. The van der Waals surface area contributed by atoms with Crippen molar-refractivity contribution in [3.63, 3.8) is 0 Å². The zero-order chi connectivity index (χ0) is 15.3. The Morgan fingerprint density at radius 1 is 1.05 bits per heavy atom. The highest BCUT2D eigenvalue weighted by molar-refractivity contribution is 6.31. The van der Waals surface area contributed by atoms with Crippen molar-refractivity contribution in [2.75, 3.05) is 20.3 Å². The third kappa shape index (κ3) is 3.38. The van der Waals surface area contributed by atoms with E-state index in [1.54, 1.807) is 13.2 Å². The lowest BCUT2D eigenvalue weighted by atomic mass is 9.77. The van der Waals surface area contributed by atoms with Gasteiger partial charge in [-0.05, 0) is 35.7 Å². The van der Waals surface area contributed by atoms with Gasteiger partial charge in [0.2, 0.25) is 0 Å². The molecule has 0 spiro atoms. The Hall–Kier alpha value is -1.55. The zero-order valence-corrected chi connectivity index (χ0v) is 12.7. The first-order chi connectivity index (χ1) is 10.1. The molecule has 0 saturated heterocycles. The van der Waals surface area contributed by atoms with Gasteiger partial charge in [-0.1, -0.05) is 41.9 Å². The normalized spacial score (nSPS) is 11.4. The van der Waals surface area contributed by atoms with Crippen LogP contribution in [0.2, 0.25) is 5.02 Å². The third-order valence-electron chi connectivity index (χ3n) is 3.73. The summed E-state index contributed by atoms with van der Waals surface area (Å²) in [6, 6.07) is 14.9. The van der Waals surface area contributed by atoms with Gasteiger partial charge >= 0.3 is 0 Å². The second-order valence-corrected chi connectivity index (χ2v) is 5.51. The van der Waals surface area contributed by atoms with Crippen molar-refractivity contribution < 1.29 is 14.9 Å². The van der Waals surface area contributed by atoms with E-state index in [1.165, 1.54) is 0 Å². The summed E-state index contributed by atoms with van der Waals surface area (Å²) in [6.07, 6.45) is 0.473. The minimum atomic E-state index is -0.815. The number of halogens is 1. The Morgan fingerprint density at radius 2 is 1.76 bits per heavy atom. The van der Waals surface area contributed by atoms with Gasteiger partial charge in [-0.15, -0.1) is 0 Å². The zero-order valence-electron chi connectivity index (χ0n) is 11.9. The number of hydrogen-bond acceptors (Lipinski definition) is 3. The molecule has 0 atom stereocenters. The van der Waals surface area contributed by atoms with Gasteiger partial charge in [0.05, 0.1) is 20.3 Å². The number of rotatable bonds is 6.